The lowest BCUT2D eigenvalue weighted by atomic mass is 10.1. The highest BCUT2D eigenvalue weighted by Gasteiger charge is 2.33. The van der Waals surface area contributed by atoms with Gasteiger partial charge in [-0.2, -0.15) is 0 Å². The standard InChI is InChI=1S/C24H46N2O3/c1-5-6-7-8-9-10-11-12-13-14-15-16-18-25-22(27)21-17-19-26(20-21)23(28)29-24(2,3)4/h21H,5-20H2,1-4H3,(H,25,27)/t21-/m0/s1. The van der Waals surface area contributed by atoms with E-state index in [9.17, 15) is 9.59 Å². The van der Waals surface area contributed by atoms with E-state index < -0.39 is 5.60 Å². The Kier molecular flexibility index (Phi) is 13.0. The highest BCUT2D eigenvalue weighted by atomic mass is 16.6. The number of hydrogen-bond acceptors (Lipinski definition) is 3. The molecule has 1 atom stereocenters. The molecule has 170 valence electrons. The number of rotatable bonds is 14. The first kappa shape index (κ1) is 25.8. The molecule has 0 radical (unpaired) electrons. The maximum Gasteiger partial charge on any atom is 0.410 e. The third-order valence-electron chi connectivity index (χ3n) is 5.54. The number of carbonyl (C=O) groups is 2. The molecular formula is C24H46N2O3. The lowest BCUT2D eigenvalue weighted by Gasteiger charge is -2.24. The van der Waals surface area contributed by atoms with E-state index in [1.165, 1.54) is 70.6 Å². The van der Waals surface area contributed by atoms with Crippen LogP contribution in [0.15, 0.2) is 0 Å². The predicted octanol–water partition coefficient (Wildman–Crippen LogP) is 6.06. The zero-order valence-corrected chi connectivity index (χ0v) is 19.6. The van der Waals surface area contributed by atoms with Gasteiger partial charge in [-0.05, 0) is 33.6 Å². The van der Waals surface area contributed by atoms with Crippen molar-refractivity contribution in [2.24, 2.45) is 5.92 Å². The molecule has 0 spiro atoms. The van der Waals surface area contributed by atoms with Crippen LogP contribution in [0.1, 0.15) is 111 Å². The van der Waals surface area contributed by atoms with Crippen molar-refractivity contribution < 1.29 is 14.3 Å². The summed E-state index contributed by atoms with van der Waals surface area (Å²) in [5.41, 5.74) is -0.494. The van der Waals surface area contributed by atoms with E-state index in [-0.39, 0.29) is 17.9 Å². The zero-order valence-electron chi connectivity index (χ0n) is 19.6. The van der Waals surface area contributed by atoms with Gasteiger partial charge < -0.3 is 15.0 Å². The highest BCUT2D eigenvalue weighted by molar-refractivity contribution is 5.80. The van der Waals surface area contributed by atoms with Crippen molar-refractivity contribution >= 4 is 12.0 Å². The van der Waals surface area contributed by atoms with Crippen molar-refractivity contribution in [1.82, 2.24) is 10.2 Å². The number of amides is 2. The Morgan fingerprint density at radius 1 is 0.897 bits per heavy atom. The molecule has 2 amide bonds. The molecule has 1 heterocycles. The van der Waals surface area contributed by atoms with Crippen molar-refractivity contribution in [2.45, 2.75) is 117 Å². The van der Waals surface area contributed by atoms with Crippen molar-refractivity contribution in [3.63, 3.8) is 0 Å². The van der Waals surface area contributed by atoms with Gasteiger partial charge in [-0.25, -0.2) is 4.79 Å². The molecule has 0 aliphatic carbocycles. The molecule has 0 aromatic carbocycles. The SMILES string of the molecule is CCCCCCCCCCCCCCNC(=O)[C@H]1CCN(C(=O)OC(C)(C)C)C1. The summed E-state index contributed by atoms with van der Waals surface area (Å²) in [6.45, 7) is 9.67. The Labute approximate surface area is 179 Å². The molecule has 1 aliphatic rings. The lowest BCUT2D eigenvalue weighted by molar-refractivity contribution is -0.124. The number of likely N-dealkylation sites (tertiary alicyclic amines) is 1. The van der Waals surface area contributed by atoms with E-state index in [0.29, 0.717) is 13.1 Å². The Balaban J connectivity index is 1.96. The topological polar surface area (TPSA) is 58.6 Å². The van der Waals surface area contributed by atoms with Crippen LogP contribution >= 0.6 is 0 Å². The first-order valence-electron chi connectivity index (χ1n) is 12.1. The summed E-state index contributed by atoms with van der Waals surface area (Å²) < 4.78 is 5.39. The van der Waals surface area contributed by atoms with E-state index in [1.54, 1.807) is 4.90 Å². The minimum Gasteiger partial charge on any atom is -0.444 e. The average Bonchev–Trinajstić information content (AvgIpc) is 3.14. The minimum atomic E-state index is -0.494. The van der Waals surface area contributed by atoms with Crippen molar-refractivity contribution in [2.75, 3.05) is 19.6 Å². The highest BCUT2D eigenvalue weighted by Crippen LogP contribution is 2.19. The second-order valence-corrected chi connectivity index (χ2v) is 9.59. The first-order valence-corrected chi connectivity index (χ1v) is 12.1. The number of carbonyl (C=O) groups excluding carboxylic acids is 2. The van der Waals surface area contributed by atoms with E-state index in [2.05, 4.69) is 12.2 Å². The van der Waals surface area contributed by atoms with E-state index in [1.807, 2.05) is 20.8 Å². The fourth-order valence-electron chi connectivity index (χ4n) is 3.79. The van der Waals surface area contributed by atoms with Crippen molar-refractivity contribution in [3.8, 4) is 0 Å². The maximum atomic E-state index is 12.3. The molecule has 0 aromatic heterocycles. The summed E-state index contributed by atoms with van der Waals surface area (Å²) in [4.78, 5) is 26.0. The van der Waals surface area contributed by atoms with Gasteiger partial charge in [0.2, 0.25) is 5.91 Å². The predicted molar refractivity (Wildman–Crippen MR) is 120 cm³/mol. The second kappa shape index (κ2) is 14.7. The average molecular weight is 411 g/mol. The lowest BCUT2D eigenvalue weighted by Crippen LogP contribution is -2.37. The normalized spacial score (nSPS) is 16.8. The summed E-state index contributed by atoms with van der Waals surface area (Å²) in [5, 5.41) is 3.05. The maximum absolute atomic E-state index is 12.3. The Bertz CT molecular complexity index is 460. The molecule has 0 aromatic rings. The number of nitrogens with one attached hydrogen (secondary N) is 1. The van der Waals surface area contributed by atoms with Gasteiger partial charge in [0, 0.05) is 19.6 Å². The van der Waals surface area contributed by atoms with Crippen LogP contribution in [0.3, 0.4) is 0 Å². The van der Waals surface area contributed by atoms with Crippen molar-refractivity contribution in [3.05, 3.63) is 0 Å². The van der Waals surface area contributed by atoms with Gasteiger partial charge >= 0.3 is 6.09 Å². The molecule has 1 N–H and O–H groups in total. The summed E-state index contributed by atoms with van der Waals surface area (Å²) in [5.74, 6) is -0.0148. The Hall–Kier alpha value is -1.26. The molecule has 0 bridgehead atoms. The molecule has 1 fully saturated rings. The summed E-state index contributed by atoms with van der Waals surface area (Å²) in [7, 11) is 0. The van der Waals surface area contributed by atoms with Gasteiger partial charge in [0.15, 0.2) is 0 Å². The van der Waals surface area contributed by atoms with E-state index >= 15 is 0 Å². The molecule has 5 heteroatoms. The number of unbranched alkanes of at least 4 members (excludes halogenated alkanes) is 11. The third-order valence-corrected chi connectivity index (χ3v) is 5.54. The molecule has 29 heavy (non-hydrogen) atoms. The molecule has 0 saturated carbocycles. The van der Waals surface area contributed by atoms with Crippen LogP contribution in [0.2, 0.25) is 0 Å². The second-order valence-electron chi connectivity index (χ2n) is 9.59. The van der Waals surface area contributed by atoms with Gasteiger partial charge in [0.25, 0.3) is 0 Å². The molecular weight excluding hydrogens is 364 g/mol. The molecule has 1 aliphatic heterocycles. The largest absolute Gasteiger partial charge is 0.444 e. The quantitative estimate of drug-likeness (QED) is 0.354. The number of hydrogen-bond donors (Lipinski definition) is 1. The molecule has 0 unspecified atom stereocenters. The smallest absolute Gasteiger partial charge is 0.410 e. The van der Waals surface area contributed by atoms with Crippen LogP contribution in [0.25, 0.3) is 0 Å². The van der Waals surface area contributed by atoms with E-state index in [0.717, 1.165) is 19.4 Å². The third kappa shape index (κ3) is 12.8. The monoisotopic (exact) mass is 410 g/mol. The van der Waals surface area contributed by atoms with Crippen LogP contribution in [0.4, 0.5) is 4.79 Å². The van der Waals surface area contributed by atoms with Crippen LogP contribution in [-0.4, -0.2) is 42.1 Å². The van der Waals surface area contributed by atoms with Gasteiger partial charge in [-0.15, -0.1) is 0 Å². The number of nitrogens with zero attached hydrogens (tertiary/aromatic N) is 1. The number of ether oxygens (including phenoxy) is 1. The Morgan fingerprint density at radius 2 is 1.41 bits per heavy atom. The minimum absolute atomic E-state index is 0.0825. The van der Waals surface area contributed by atoms with Gasteiger partial charge in [-0.3, -0.25) is 4.79 Å². The fourth-order valence-corrected chi connectivity index (χ4v) is 3.79. The summed E-state index contributed by atoms with van der Waals surface area (Å²) in [6, 6.07) is 0. The van der Waals surface area contributed by atoms with Crippen LogP contribution in [0.5, 0.6) is 0 Å². The van der Waals surface area contributed by atoms with Crippen LogP contribution in [-0.2, 0) is 9.53 Å². The van der Waals surface area contributed by atoms with E-state index in [4.69, 9.17) is 4.74 Å². The first-order chi connectivity index (χ1) is 13.8. The molecule has 1 saturated heterocycles. The summed E-state index contributed by atoms with van der Waals surface area (Å²) >= 11 is 0. The van der Waals surface area contributed by atoms with Gasteiger partial charge in [-0.1, -0.05) is 77.6 Å². The Morgan fingerprint density at radius 3 is 1.93 bits per heavy atom. The zero-order chi connectivity index (χ0) is 21.5. The summed E-state index contributed by atoms with van der Waals surface area (Å²) in [6.07, 6.45) is 16.3. The van der Waals surface area contributed by atoms with Crippen LogP contribution < -0.4 is 5.32 Å². The van der Waals surface area contributed by atoms with Crippen molar-refractivity contribution in [1.29, 1.82) is 0 Å². The molecule has 1 rings (SSSR count). The van der Waals surface area contributed by atoms with Gasteiger partial charge in [0.1, 0.15) is 5.60 Å². The van der Waals surface area contributed by atoms with Crippen LogP contribution in [0, 0.1) is 5.92 Å². The molecule has 5 nitrogen and oxygen atoms in total. The fraction of sp³-hybridized carbons (Fsp3) is 0.917. The van der Waals surface area contributed by atoms with Gasteiger partial charge in [0.05, 0.1) is 5.92 Å².